The number of rotatable bonds is 10. The molecule has 1 heterocycles. The summed E-state index contributed by atoms with van der Waals surface area (Å²) in [6, 6.07) is 39.2. The second-order valence-corrected chi connectivity index (χ2v) is 14.4. The molecule has 0 radical (unpaired) electrons. The zero-order valence-electron chi connectivity index (χ0n) is 28.8. The Morgan fingerprint density at radius 3 is 1.94 bits per heavy atom. The van der Waals surface area contributed by atoms with Crippen LogP contribution in [0.2, 0.25) is 0 Å². The number of carbonyl (C=O) groups excluding carboxylic acids is 2. The summed E-state index contributed by atoms with van der Waals surface area (Å²) in [5.74, 6) is 1.10. The van der Waals surface area contributed by atoms with E-state index in [1.54, 1.807) is 28.8 Å². The molecule has 1 unspecified atom stereocenters. The Hall–Kier alpha value is -5.21. The quantitative estimate of drug-likeness (QED) is 0.158. The second-order valence-electron chi connectivity index (χ2n) is 13.2. The zero-order valence-corrected chi connectivity index (χ0v) is 29.7. The third-order valence-electron chi connectivity index (χ3n) is 8.21. The number of aryl methyl sites for hydroxylation is 1. The van der Waals surface area contributed by atoms with E-state index in [0.717, 1.165) is 38.4 Å². The molecule has 8 heteroatoms. The van der Waals surface area contributed by atoms with Crippen LogP contribution in [-0.4, -0.2) is 29.0 Å². The molecule has 0 fully saturated rings. The predicted octanol–water partition coefficient (Wildman–Crippen LogP) is 9.99. The highest BCUT2D eigenvalue weighted by molar-refractivity contribution is 7.99. The van der Waals surface area contributed by atoms with Crippen LogP contribution in [0.1, 0.15) is 64.3 Å². The Morgan fingerprint density at radius 2 is 1.36 bits per heavy atom. The van der Waals surface area contributed by atoms with E-state index in [4.69, 9.17) is 14.2 Å². The van der Waals surface area contributed by atoms with Gasteiger partial charge < -0.3 is 19.5 Å². The number of hydrogen-bond acceptors (Lipinski definition) is 6. The lowest BCUT2D eigenvalue weighted by Gasteiger charge is -2.38. The second kappa shape index (κ2) is 15.6. The molecule has 0 saturated heterocycles. The van der Waals surface area contributed by atoms with Crippen LogP contribution < -0.4 is 14.8 Å². The van der Waals surface area contributed by atoms with Crippen LogP contribution in [0.25, 0.3) is 0 Å². The largest absolute Gasteiger partial charge is 0.485 e. The van der Waals surface area contributed by atoms with E-state index in [1.165, 1.54) is 0 Å². The van der Waals surface area contributed by atoms with Crippen molar-refractivity contribution in [1.29, 1.82) is 0 Å². The van der Waals surface area contributed by atoms with Gasteiger partial charge in [0.1, 0.15) is 24.2 Å². The van der Waals surface area contributed by atoms with Crippen molar-refractivity contribution in [1.82, 2.24) is 4.90 Å². The van der Waals surface area contributed by atoms with E-state index in [1.807, 2.05) is 131 Å². The summed E-state index contributed by atoms with van der Waals surface area (Å²) >= 11 is 1.56. The lowest BCUT2D eigenvalue weighted by Crippen LogP contribution is -2.42. The smallest absolute Gasteiger partial charge is 0.411 e. The minimum absolute atomic E-state index is 0.167. The van der Waals surface area contributed by atoms with Crippen LogP contribution in [0.3, 0.4) is 0 Å². The van der Waals surface area contributed by atoms with Crippen molar-refractivity contribution in [3.05, 3.63) is 155 Å². The van der Waals surface area contributed by atoms with E-state index in [2.05, 4.69) is 11.4 Å². The molecule has 0 aromatic heterocycles. The van der Waals surface area contributed by atoms with E-state index in [0.29, 0.717) is 43.2 Å². The van der Waals surface area contributed by atoms with Crippen LogP contribution in [0.4, 0.5) is 10.5 Å². The standard InChI is InChI=1S/C42H42N2O5S/c1-29-24-34(20-21-36(29)43-39(45)32-18-12-7-13-19-32)50-40-35-26-38(48-28-31-16-10-6-11-17-31)37(47-27-30-14-8-5-9-15-30)25-33(35)22-23-44(40)41(46)49-42(2,3)4/h5-21,24-26,40H,22-23,27-28H2,1-4H3,(H,43,45). The maximum Gasteiger partial charge on any atom is 0.411 e. The minimum atomic E-state index is -0.652. The van der Waals surface area contributed by atoms with Gasteiger partial charge in [-0.3, -0.25) is 9.69 Å². The summed E-state index contributed by atoms with van der Waals surface area (Å²) in [7, 11) is 0. The topological polar surface area (TPSA) is 77.1 Å². The Balaban J connectivity index is 1.33. The molecule has 50 heavy (non-hydrogen) atoms. The molecule has 0 bridgehead atoms. The molecule has 0 saturated carbocycles. The number of benzene rings is 5. The number of hydrogen-bond donors (Lipinski definition) is 1. The van der Waals surface area contributed by atoms with Crippen molar-refractivity contribution in [2.24, 2.45) is 0 Å². The Morgan fingerprint density at radius 1 is 0.780 bits per heavy atom. The Bertz CT molecular complexity index is 1930. The van der Waals surface area contributed by atoms with Gasteiger partial charge >= 0.3 is 6.09 Å². The van der Waals surface area contributed by atoms with Gasteiger partial charge in [0.05, 0.1) is 0 Å². The minimum Gasteiger partial charge on any atom is -0.485 e. The first kappa shape index (κ1) is 34.6. The van der Waals surface area contributed by atoms with Crippen LogP contribution in [-0.2, 0) is 24.4 Å². The third-order valence-corrected chi connectivity index (χ3v) is 9.47. The van der Waals surface area contributed by atoms with Gasteiger partial charge in [0, 0.05) is 22.7 Å². The number of fused-ring (bicyclic) bond motifs is 1. The molecule has 1 aliphatic heterocycles. The number of amides is 2. The van der Waals surface area contributed by atoms with Gasteiger partial charge in [0.25, 0.3) is 5.91 Å². The fraction of sp³-hybridized carbons (Fsp3) is 0.238. The molecule has 5 aromatic rings. The summed E-state index contributed by atoms with van der Waals surface area (Å²) in [5.41, 5.74) is 5.72. The van der Waals surface area contributed by atoms with Gasteiger partial charge in [-0.1, -0.05) is 90.6 Å². The highest BCUT2D eigenvalue weighted by atomic mass is 32.2. The van der Waals surface area contributed by atoms with Crippen molar-refractivity contribution in [3.8, 4) is 11.5 Å². The predicted molar refractivity (Wildman–Crippen MR) is 199 cm³/mol. The Labute approximate surface area is 298 Å². The molecule has 0 aliphatic carbocycles. The van der Waals surface area contributed by atoms with Gasteiger partial charge in [-0.2, -0.15) is 0 Å². The van der Waals surface area contributed by atoms with Gasteiger partial charge in [0.15, 0.2) is 11.5 Å². The summed E-state index contributed by atoms with van der Waals surface area (Å²) in [6.45, 7) is 8.84. The number of thioether (sulfide) groups is 1. The average Bonchev–Trinajstić information content (AvgIpc) is 3.11. The summed E-state index contributed by atoms with van der Waals surface area (Å²) in [5, 5.41) is 2.62. The van der Waals surface area contributed by atoms with Crippen molar-refractivity contribution in [3.63, 3.8) is 0 Å². The molecule has 0 spiro atoms. The highest BCUT2D eigenvalue weighted by Gasteiger charge is 2.36. The SMILES string of the molecule is Cc1cc(SC2c3cc(OCc4ccccc4)c(OCc4ccccc4)cc3CCN2C(=O)OC(C)(C)C)ccc1NC(=O)c1ccccc1. The van der Waals surface area contributed by atoms with Crippen molar-refractivity contribution in [2.75, 3.05) is 11.9 Å². The summed E-state index contributed by atoms with van der Waals surface area (Å²) in [4.78, 5) is 29.3. The first-order valence-corrected chi connectivity index (χ1v) is 17.6. The lowest BCUT2D eigenvalue weighted by atomic mass is 9.98. The van der Waals surface area contributed by atoms with Crippen LogP contribution in [0.15, 0.2) is 126 Å². The fourth-order valence-corrected chi connectivity index (χ4v) is 7.00. The Kier molecular flexibility index (Phi) is 10.8. The van der Waals surface area contributed by atoms with Gasteiger partial charge in [-0.15, -0.1) is 0 Å². The summed E-state index contributed by atoms with van der Waals surface area (Å²) in [6.07, 6.45) is 0.260. The molecule has 2 amide bonds. The van der Waals surface area contributed by atoms with Crippen LogP contribution >= 0.6 is 11.8 Å². The number of ether oxygens (including phenoxy) is 3. The third kappa shape index (κ3) is 8.87. The number of carbonyl (C=O) groups is 2. The zero-order chi connectivity index (χ0) is 35.1. The molecular formula is C42H42N2O5S. The average molecular weight is 687 g/mol. The first-order valence-electron chi connectivity index (χ1n) is 16.8. The van der Waals surface area contributed by atoms with E-state index in [-0.39, 0.29) is 12.0 Å². The number of nitrogens with one attached hydrogen (secondary N) is 1. The van der Waals surface area contributed by atoms with E-state index >= 15 is 0 Å². The van der Waals surface area contributed by atoms with Crippen molar-refractivity contribution in [2.45, 2.75) is 63.2 Å². The van der Waals surface area contributed by atoms with Gasteiger partial charge in [-0.25, -0.2) is 4.79 Å². The highest BCUT2D eigenvalue weighted by Crippen LogP contribution is 2.47. The van der Waals surface area contributed by atoms with Crippen LogP contribution in [0.5, 0.6) is 11.5 Å². The van der Waals surface area contributed by atoms with Crippen LogP contribution in [0, 0.1) is 6.92 Å². The fourth-order valence-electron chi connectivity index (χ4n) is 5.68. The molecule has 1 N–H and O–H groups in total. The van der Waals surface area contributed by atoms with Gasteiger partial charge in [-0.05, 0) is 104 Å². The molecule has 256 valence electrons. The molecule has 7 nitrogen and oxygen atoms in total. The molecular weight excluding hydrogens is 645 g/mol. The van der Waals surface area contributed by atoms with Crippen molar-refractivity contribution < 1.29 is 23.8 Å². The molecule has 1 atom stereocenters. The van der Waals surface area contributed by atoms with E-state index < -0.39 is 11.0 Å². The number of nitrogens with zero attached hydrogens (tertiary/aromatic N) is 1. The maximum atomic E-state index is 13.7. The van der Waals surface area contributed by atoms with Crippen molar-refractivity contribution >= 4 is 29.4 Å². The maximum absolute atomic E-state index is 13.7. The molecule has 1 aliphatic rings. The first-order chi connectivity index (χ1) is 24.1. The number of anilines is 1. The monoisotopic (exact) mass is 686 g/mol. The van der Waals surface area contributed by atoms with E-state index in [9.17, 15) is 9.59 Å². The lowest BCUT2D eigenvalue weighted by molar-refractivity contribution is 0.0215. The molecule has 6 rings (SSSR count). The van der Waals surface area contributed by atoms with Gasteiger partial charge in [0.2, 0.25) is 0 Å². The summed E-state index contributed by atoms with van der Waals surface area (Å²) < 4.78 is 18.7. The molecule has 5 aromatic carbocycles. The normalized spacial score (nSPS) is 14.0.